The number of aromatic hydroxyl groups is 2. The highest BCUT2D eigenvalue weighted by atomic mass is 16.3. The summed E-state index contributed by atoms with van der Waals surface area (Å²) in [5, 5.41) is 24.7. The standard InChI is InChI=1S/C17H15N3O2/c1-11(13-6-2-3-7-14(13)21)19-20-16-10-9-12-5-4-8-15(22)17(12)18-16/h2-10,21-22H,1H3,(H,18,20)/b19-11+. The Kier molecular flexibility index (Phi) is 3.62. The molecule has 0 aliphatic carbocycles. The molecule has 0 aliphatic rings. The molecule has 0 spiro atoms. The molecule has 3 rings (SSSR count). The molecule has 5 heteroatoms. The fourth-order valence-corrected chi connectivity index (χ4v) is 2.17. The highest BCUT2D eigenvalue weighted by molar-refractivity contribution is 6.01. The van der Waals surface area contributed by atoms with Crippen molar-refractivity contribution in [3.8, 4) is 11.5 Å². The van der Waals surface area contributed by atoms with E-state index in [4.69, 9.17) is 0 Å². The summed E-state index contributed by atoms with van der Waals surface area (Å²) in [5.74, 6) is 0.820. The van der Waals surface area contributed by atoms with Gasteiger partial charge < -0.3 is 10.2 Å². The van der Waals surface area contributed by atoms with E-state index in [0.717, 1.165) is 5.39 Å². The van der Waals surface area contributed by atoms with Gasteiger partial charge in [0, 0.05) is 10.9 Å². The number of nitrogens with one attached hydrogen (secondary N) is 1. The molecule has 0 aliphatic heterocycles. The molecule has 1 aromatic heterocycles. The molecule has 0 unspecified atom stereocenters. The van der Waals surface area contributed by atoms with Crippen molar-refractivity contribution < 1.29 is 10.2 Å². The molecule has 5 nitrogen and oxygen atoms in total. The van der Waals surface area contributed by atoms with Gasteiger partial charge in [-0.1, -0.05) is 24.3 Å². The van der Waals surface area contributed by atoms with Gasteiger partial charge >= 0.3 is 0 Å². The van der Waals surface area contributed by atoms with Gasteiger partial charge in [0.1, 0.15) is 22.8 Å². The van der Waals surface area contributed by atoms with E-state index in [-0.39, 0.29) is 11.5 Å². The first-order valence-corrected chi connectivity index (χ1v) is 6.82. The van der Waals surface area contributed by atoms with E-state index < -0.39 is 0 Å². The third-order valence-corrected chi connectivity index (χ3v) is 3.33. The van der Waals surface area contributed by atoms with Crippen molar-refractivity contribution in [3.63, 3.8) is 0 Å². The number of nitrogens with zero attached hydrogens (tertiary/aromatic N) is 2. The third kappa shape index (κ3) is 2.69. The summed E-state index contributed by atoms with van der Waals surface area (Å²) in [7, 11) is 0. The van der Waals surface area contributed by atoms with Gasteiger partial charge in [0.05, 0.1) is 5.71 Å². The topological polar surface area (TPSA) is 77.7 Å². The molecular weight excluding hydrogens is 278 g/mol. The fourth-order valence-electron chi connectivity index (χ4n) is 2.17. The lowest BCUT2D eigenvalue weighted by atomic mass is 10.1. The van der Waals surface area contributed by atoms with E-state index in [0.29, 0.717) is 22.6 Å². The van der Waals surface area contributed by atoms with Crippen molar-refractivity contribution >= 4 is 22.4 Å². The number of anilines is 1. The van der Waals surface area contributed by atoms with E-state index in [2.05, 4.69) is 15.5 Å². The van der Waals surface area contributed by atoms with Crippen LogP contribution in [0.25, 0.3) is 10.9 Å². The molecule has 0 bridgehead atoms. The normalized spacial score (nSPS) is 11.6. The number of hydrogen-bond acceptors (Lipinski definition) is 5. The average Bonchev–Trinajstić information content (AvgIpc) is 2.53. The van der Waals surface area contributed by atoms with Gasteiger partial charge in [-0.2, -0.15) is 5.10 Å². The maximum absolute atomic E-state index is 9.83. The number of hydrogen-bond donors (Lipinski definition) is 3. The molecule has 0 radical (unpaired) electrons. The molecule has 3 N–H and O–H groups in total. The van der Waals surface area contributed by atoms with Gasteiger partial charge in [0.25, 0.3) is 0 Å². The SMILES string of the molecule is C/C(=N\Nc1ccc2cccc(O)c2n1)c1ccccc1O. The summed E-state index contributed by atoms with van der Waals surface area (Å²) in [6.07, 6.45) is 0. The number of hydrazone groups is 1. The van der Waals surface area contributed by atoms with Crippen LogP contribution in [0.3, 0.4) is 0 Å². The van der Waals surface area contributed by atoms with Gasteiger partial charge in [-0.25, -0.2) is 4.98 Å². The fraction of sp³-hybridized carbons (Fsp3) is 0.0588. The summed E-state index contributed by atoms with van der Waals surface area (Å²) >= 11 is 0. The van der Waals surface area contributed by atoms with Crippen LogP contribution in [-0.2, 0) is 0 Å². The second-order valence-corrected chi connectivity index (χ2v) is 4.87. The summed E-state index contributed by atoms with van der Waals surface area (Å²) < 4.78 is 0. The first kappa shape index (κ1) is 13.9. The molecule has 3 aromatic rings. The number of benzene rings is 2. The van der Waals surface area contributed by atoms with Crippen molar-refractivity contribution in [2.45, 2.75) is 6.92 Å². The molecule has 110 valence electrons. The summed E-state index contributed by atoms with van der Waals surface area (Å²) in [6.45, 7) is 1.79. The molecule has 1 heterocycles. The van der Waals surface area contributed by atoms with E-state index in [1.807, 2.05) is 18.2 Å². The zero-order valence-corrected chi connectivity index (χ0v) is 12.0. The number of phenolic OH excluding ortho intramolecular Hbond substituents is 2. The minimum absolute atomic E-state index is 0.127. The van der Waals surface area contributed by atoms with Crippen LogP contribution in [0.1, 0.15) is 12.5 Å². The lowest BCUT2D eigenvalue weighted by molar-refractivity contribution is 0.474. The Labute approximate surface area is 127 Å². The van der Waals surface area contributed by atoms with E-state index in [1.165, 1.54) is 0 Å². The zero-order chi connectivity index (χ0) is 15.5. The first-order valence-electron chi connectivity index (χ1n) is 6.82. The number of fused-ring (bicyclic) bond motifs is 1. The number of para-hydroxylation sites is 2. The molecule has 2 aromatic carbocycles. The van der Waals surface area contributed by atoms with Crippen molar-refractivity contribution in [2.75, 3.05) is 5.43 Å². The molecular formula is C17H15N3O2. The molecule has 0 atom stereocenters. The molecule has 0 saturated carbocycles. The number of rotatable bonds is 3. The molecule has 0 saturated heterocycles. The van der Waals surface area contributed by atoms with Crippen LogP contribution in [0.2, 0.25) is 0 Å². The van der Waals surface area contributed by atoms with Gasteiger partial charge in [-0.15, -0.1) is 0 Å². The number of phenols is 2. The highest BCUT2D eigenvalue weighted by Gasteiger charge is 2.04. The Bertz CT molecular complexity index is 859. The Morgan fingerprint density at radius 2 is 1.73 bits per heavy atom. The van der Waals surface area contributed by atoms with Crippen LogP contribution in [-0.4, -0.2) is 20.9 Å². The largest absolute Gasteiger partial charge is 0.507 e. The summed E-state index contributed by atoms with van der Waals surface area (Å²) in [6, 6.07) is 15.9. The van der Waals surface area contributed by atoms with E-state index in [9.17, 15) is 10.2 Å². The van der Waals surface area contributed by atoms with Crippen molar-refractivity contribution in [3.05, 3.63) is 60.2 Å². The minimum atomic E-state index is 0.127. The highest BCUT2D eigenvalue weighted by Crippen LogP contribution is 2.24. The van der Waals surface area contributed by atoms with Crippen molar-refractivity contribution in [1.29, 1.82) is 0 Å². The smallest absolute Gasteiger partial charge is 0.147 e. The Morgan fingerprint density at radius 3 is 2.55 bits per heavy atom. The lowest BCUT2D eigenvalue weighted by Crippen LogP contribution is -2.01. The van der Waals surface area contributed by atoms with Crippen molar-refractivity contribution in [2.24, 2.45) is 5.10 Å². The van der Waals surface area contributed by atoms with Crippen LogP contribution in [0.15, 0.2) is 59.7 Å². The Balaban J connectivity index is 1.89. The van der Waals surface area contributed by atoms with Crippen LogP contribution in [0, 0.1) is 0 Å². The predicted octanol–water partition coefficient (Wildman–Crippen LogP) is 3.48. The van der Waals surface area contributed by atoms with Crippen LogP contribution < -0.4 is 5.43 Å². The summed E-state index contributed by atoms with van der Waals surface area (Å²) in [5.41, 5.74) is 4.65. The maximum atomic E-state index is 9.83. The zero-order valence-electron chi connectivity index (χ0n) is 12.0. The third-order valence-electron chi connectivity index (χ3n) is 3.33. The van der Waals surface area contributed by atoms with Gasteiger partial charge in [-0.05, 0) is 37.3 Å². The van der Waals surface area contributed by atoms with Gasteiger partial charge in [0.2, 0.25) is 0 Å². The maximum Gasteiger partial charge on any atom is 0.147 e. The Morgan fingerprint density at radius 1 is 0.955 bits per heavy atom. The first-order chi connectivity index (χ1) is 10.6. The van der Waals surface area contributed by atoms with Gasteiger partial charge in [-0.3, -0.25) is 5.43 Å². The molecule has 0 amide bonds. The second kappa shape index (κ2) is 5.73. The van der Waals surface area contributed by atoms with Crippen LogP contribution in [0.5, 0.6) is 11.5 Å². The summed E-state index contributed by atoms with van der Waals surface area (Å²) in [4.78, 5) is 4.33. The van der Waals surface area contributed by atoms with E-state index in [1.54, 1.807) is 43.3 Å². The van der Waals surface area contributed by atoms with Crippen LogP contribution >= 0.6 is 0 Å². The quantitative estimate of drug-likeness (QED) is 0.510. The number of aromatic nitrogens is 1. The van der Waals surface area contributed by atoms with E-state index >= 15 is 0 Å². The Hall–Kier alpha value is -3.08. The average molecular weight is 293 g/mol. The molecule has 0 fully saturated rings. The second-order valence-electron chi connectivity index (χ2n) is 4.87. The number of pyridine rings is 1. The predicted molar refractivity (Wildman–Crippen MR) is 87.3 cm³/mol. The van der Waals surface area contributed by atoms with Crippen LogP contribution in [0.4, 0.5) is 5.82 Å². The van der Waals surface area contributed by atoms with Gasteiger partial charge in [0.15, 0.2) is 0 Å². The lowest BCUT2D eigenvalue weighted by Gasteiger charge is -2.06. The minimum Gasteiger partial charge on any atom is -0.507 e. The monoisotopic (exact) mass is 293 g/mol. The van der Waals surface area contributed by atoms with Crippen molar-refractivity contribution in [1.82, 2.24) is 4.98 Å². The molecule has 22 heavy (non-hydrogen) atoms.